The average Bonchev–Trinajstić information content (AvgIpc) is 2.27. The Kier molecular flexibility index (Phi) is 2.97. The van der Waals surface area contributed by atoms with E-state index in [2.05, 4.69) is 17.8 Å². The van der Waals surface area contributed by atoms with Crippen molar-refractivity contribution in [3.63, 3.8) is 0 Å². The van der Waals surface area contributed by atoms with Crippen LogP contribution in [-0.4, -0.2) is 0 Å². The van der Waals surface area contributed by atoms with Gasteiger partial charge in [-0.15, -0.1) is 6.42 Å². The van der Waals surface area contributed by atoms with Crippen molar-refractivity contribution in [1.82, 2.24) is 5.32 Å². The summed E-state index contributed by atoms with van der Waals surface area (Å²) in [6.07, 6.45) is 7.77. The molecular weight excluding hydrogens is 220 g/mol. The van der Waals surface area contributed by atoms with E-state index in [1.165, 1.54) is 12.1 Å². The summed E-state index contributed by atoms with van der Waals surface area (Å²) in [5, 5.41) is 2.98. The number of rotatable bonds is 1. The van der Waals surface area contributed by atoms with Crippen molar-refractivity contribution in [2.24, 2.45) is 5.92 Å². The van der Waals surface area contributed by atoms with Gasteiger partial charge in [-0.3, -0.25) is 0 Å². The first kappa shape index (κ1) is 11.4. The van der Waals surface area contributed by atoms with Crippen LogP contribution in [0, 0.1) is 29.9 Å². The van der Waals surface area contributed by atoms with Gasteiger partial charge in [0, 0.05) is 23.0 Å². The fourth-order valence-corrected chi connectivity index (χ4v) is 1.76. The largest absolute Gasteiger partial charge is 0.358 e. The Labute approximate surface area is 98.8 Å². The molecule has 3 heteroatoms. The molecule has 0 aliphatic carbocycles. The van der Waals surface area contributed by atoms with Gasteiger partial charge in [0.25, 0.3) is 0 Å². The van der Waals surface area contributed by atoms with Crippen LogP contribution in [0.5, 0.6) is 0 Å². The number of terminal acetylenes is 1. The molecule has 1 atom stereocenters. The Morgan fingerprint density at radius 3 is 2.47 bits per heavy atom. The summed E-state index contributed by atoms with van der Waals surface area (Å²) in [4.78, 5) is 0. The molecular formula is C14H11F2N. The molecule has 0 fully saturated rings. The summed E-state index contributed by atoms with van der Waals surface area (Å²) in [6.45, 7) is 3.81. The summed E-state index contributed by atoms with van der Waals surface area (Å²) >= 11 is 0. The maximum absolute atomic E-state index is 13.1. The Morgan fingerprint density at radius 1 is 1.29 bits per heavy atom. The molecule has 1 aromatic rings. The zero-order valence-electron chi connectivity index (χ0n) is 9.13. The average molecular weight is 231 g/mol. The van der Waals surface area contributed by atoms with Gasteiger partial charge in [-0.2, -0.15) is 0 Å². The van der Waals surface area contributed by atoms with Gasteiger partial charge in [-0.25, -0.2) is 8.78 Å². The van der Waals surface area contributed by atoms with E-state index in [1.807, 2.05) is 6.08 Å². The lowest BCUT2D eigenvalue weighted by atomic mass is 9.96. The molecule has 1 N–H and O–H groups in total. The Hall–Kier alpha value is -2.08. The molecule has 0 spiro atoms. The fourth-order valence-electron chi connectivity index (χ4n) is 1.76. The lowest BCUT2D eigenvalue weighted by Gasteiger charge is -2.23. The molecule has 0 saturated carbocycles. The van der Waals surface area contributed by atoms with Gasteiger partial charge in [-0.05, 0) is 18.6 Å². The van der Waals surface area contributed by atoms with Crippen molar-refractivity contribution in [1.29, 1.82) is 0 Å². The third-order valence-electron chi connectivity index (χ3n) is 2.65. The highest BCUT2D eigenvalue weighted by molar-refractivity contribution is 5.67. The molecule has 17 heavy (non-hydrogen) atoms. The SMILES string of the molecule is C#CC1CC=C(c2cc(F)cc(F)c2)NC1=C. The van der Waals surface area contributed by atoms with E-state index in [0.29, 0.717) is 23.4 Å². The standard InChI is InChI=1S/C14H11F2N/c1-3-10-4-5-14(17-9(10)2)11-6-12(15)8-13(16)7-11/h1,5-8,10,17H,2,4H2. The monoisotopic (exact) mass is 231 g/mol. The van der Waals surface area contributed by atoms with E-state index >= 15 is 0 Å². The smallest absolute Gasteiger partial charge is 0.126 e. The van der Waals surface area contributed by atoms with Crippen LogP contribution in [0.15, 0.2) is 36.6 Å². The zero-order valence-corrected chi connectivity index (χ0v) is 9.13. The maximum Gasteiger partial charge on any atom is 0.126 e. The van der Waals surface area contributed by atoms with Crippen LogP contribution in [0.1, 0.15) is 12.0 Å². The van der Waals surface area contributed by atoms with E-state index in [4.69, 9.17) is 6.42 Å². The maximum atomic E-state index is 13.1. The molecule has 1 heterocycles. The van der Waals surface area contributed by atoms with E-state index in [-0.39, 0.29) is 5.92 Å². The molecule has 0 radical (unpaired) electrons. The molecule has 2 rings (SSSR count). The van der Waals surface area contributed by atoms with Crippen molar-refractivity contribution >= 4 is 5.70 Å². The first-order valence-corrected chi connectivity index (χ1v) is 5.18. The quantitative estimate of drug-likeness (QED) is 0.732. The Balaban J connectivity index is 2.33. The minimum absolute atomic E-state index is 0.0721. The van der Waals surface area contributed by atoms with Crippen molar-refractivity contribution in [3.8, 4) is 12.3 Å². The van der Waals surface area contributed by atoms with Gasteiger partial charge in [-0.1, -0.05) is 18.6 Å². The molecule has 0 aromatic heterocycles. The summed E-state index contributed by atoms with van der Waals surface area (Å²) in [7, 11) is 0. The van der Waals surface area contributed by atoms with Crippen LogP contribution < -0.4 is 5.32 Å². The van der Waals surface area contributed by atoms with E-state index in [0.717, 1.165) is 6.07 Å². The number of allylic oxidation sites excluding steroid dienone is 2. The molecule has 0 bridgehead atoms. The molecule has 1 nitrogen and oxygen atoms in total. The summed E-state index contributed by atoms with van der Waals surface area (Å²) in [5.74, 6) is 1.31. The van der Waals surface area contributed by atoms with Gasteiger partial charge in [0.15, 0.2) is 0 Å². The van der Waals surface area contributed by atoms with Gasteiger partial charge in [0.1, 0.15) is 11.6 Å². The second kappa shape index (κ2) is 4.42. The molecule has 1 aliphatic rings. The topological polar surface area (TPSA) is 12.0 Å². The zero-order chi connectivity index (χ0) is 12.4. The highest BCUT2D eigenvalue weighted by Gasteiger charge is 2.17. The van der Waals surface area contributed by atoms with Crippen molar-refractivity contribution in [3.05, 3.63) is 53.7 Å². The number of hydrogen-bond acceptors (Lipinski definition) is 1. The number of benzene rings is 1. The van der Waals surface area contributed by atoms with Gasteiger partial charge >= 0.3 is 0 Å². The third kappa shape index (κ3) is 2.36. The predicted octanol–water partition coefficient (Wildman–Crippen LogP) is 3.06. The van der Waals surface area contributed by atoms with Gasteiger partial charge in [0.2, 0.25) is 0 Å². The molecule has 0 saturated heterocycles. The number of hydrogen-bond donors (Lipinski definition) is 1. The summed E-state index contributed by atoms with van der Waals surface area (Å²) < 4.78 is 26.1. The number of nitrogens with one attached hydrogen (secondary N) is 1. The van der Waals surface area contributed by atoms with Crippen LogP contribution in [0.25, 0.3) is 5.70 Å². The molecule has 1 unspecified atom stereocenters. The van der Waals surface area contributed by atoms with Crippen LogP contribution in [0.4, 0.5) is 8.78 Å². The lowest BCUT2D eigenvalue weighted by Crippen LogP contribution is -2.21. The number of halogens is 2. The second-order valence-electron chi connectivity index (χ2n) is 3.88. The summed E-state index contributed by atoms with van der Waals surface area (Å²) in [5.41, 5.74) is 1.77. The summed E-state index contributed by atoms with van der Waals surface area (Å²) in [6, 6.07) is 3.38. The van der Waals surface area contributed by atoms with Gasteiger partial charge in [0.05, 0.1) is 5.92 Å². The van der Waals surface area contributed by atoms with E-state index < -0.39 is 11.6 Å². The van der Waals surface area contributed by atoms with Crippen LogP contribution in [-0.2, 0) is 0 Å². The fraction of sp³-hybridized carbons (Fsp3) is 0.143. The molecule has 1 aromatic carbocycles. The first-order valence-electron chi connectivity index (χ1n) is 5.18. The molecule has 1 aliphatic heterocycles. The van der Waals surface area contributed by atoms with Crippen LogP contribution in [0.3, 0.4) is 0 Å². The van der Waals surface area contributed by atoms with Crippen molar-refractivity contribution < 1.29 is 8.78 Å². The Bertz CT molecular complexity index is 517. The minimum Gasteiger partial charge on any atom is -0.358 e. The van der Waals surface area contributed by atoms with E-state index in [9.17, 15) is 8.78 Å². The second-order valence-corrected chi connectivity index (χ2v) is 3.88. The first-order chi connectivity index (χ1) is 8.10. The lowest BCUT2D eigenvalue weighted by molar-refractivity contribution is 0.582. The van der Waals surface area contributed by atoms with Gasteiger partial charge < -0.3 is 5.32 Å². The van der Waals surface area contributed by atoms with Crippen LogP contribution in [0.2, 0.25) is 0 Å². The highest BCUT2D eigenvalue weighted by Crippen LogP contribution is 2.25. The van der Waals surface area contributed by atoms with Crippen molar-refractivity contribution in [2.75, 3.05) is 0 Å². The Morgan fingerprint density at radius 2 is 1.94 bits per heavy atom. The highest BCUT2D eigenvalue weighted by atomic mass is 19.1. The minimum atomic E-state index is -0.604. The molecule has 86 valence electrons. The van der Waals surface area contributed by atoms with E-state index in [1.54, 1.807) is 0 Å². The van der Waals surface area contributed by atoms with Crippen LogP contribution >= 0.6 is 0 Å². The molecule has 0 amide bonds. The normalized spacial score (nSPS) is 19.2. The van der Waals surface area contributed by atoms with Crippen molar-refractivity contribution in [2.45, 2.75) is 6.42 Å². The third-order valence-corrected chi connectivity index (χ3v) is 2.65. The predicted molar refractivity (Wildman–Crippen MR) is 63.6 cm³/mol.